The molecule has 0 radical (unpaired) electrons. The highest BCUT2D eigenvalue weighted by Gasteiger charge is 2.33. The molecule has 12 heteroatoms. The molecule has 0 fully saturated rings. The molecule has 11 nitrogen and oxygen atoms in total. The molecule has 0 aromatic carbocycles. The van der Waals surface area contributed by atoms with Gasteiger partial charge in [-0.2, -0.15) is 11.8 Å². The molecule has 0 aromatic heterocycles. The Morgan fingerprint density at radius 3 is 1.77 bits per heavy atom. The van der Waals surface area contributed by atoms with Crippen LogP contribution in [0.25, 0.3) is 0 Å². The Labute approximate surface area is 180 Å². The third kappa shape index (κ3) is 9.28. The van der Waals surface area contributed by atoms with E-state index >= 15 is 0 Å². The highest BCUT2D eigenvalue weighted by molar-refractivity contribution is 7.98. The van der Waals surface area contributed by atoms with Gasteiger partial charge in [-0.15, -0.1) is 0 Å². The Morgan fingerprint density at radius 1 is 0.867 bits per heavy atom. The third-order valence-electron chi connectivity index (χ3n) is 4.37. The largest absolute Gasteiger partial charge is 0.480 e. The molecule has 6 unspecified atom stereocenters. The van der Waals surface area contributed by atoms with Gasteiger partial charge in [0.25, 0.3) is 0 Å². The van der Waals surface area contributed by atoms with Crippen LogP contribution in [0, 0.1) is 5.92 Å². The SMILES string of the molecule is CSCCC(NC(=O)C(NC(=O)C(N)C(C)C)C(C)O)C(=O)NC(C(=O)O)C(C)O. The standard InChI is InChI=1S/C18H34N4O7S/c1-8(2)12(19)16(26)21-13(9(3)23)17(27)20-11(6-7-30-5)15(25)22-14(10(4)24)18(28)29/h8-14,23-24H,6-7,19H2,1-5H3,(H,20,27)(H,21,26)(H,22,25)(H,28,29). The molecule has 30 heavy (non-hydrogen) atoms. The van der Waals surface area contributed by atoms with E-state index in [2.05, 4.69) is 16.0 Å². The molecule has 0 bridgehead atoms. The quantitative estimate of drug-likeness (QED) is 0.167. The fourth-order valence-electron chi connectivity index (χ4n) is 2.37. The molecule has 6 atom stereocenters. The Morgan fingerprint density at radius 2 is 1.37 bits per heavy atom. The predicted molar refractivity (Wildman–Crippen MR) is 113 cm³/mol. The summed E-state index contributed by atoms with van der Waals surface area (Å²) in [6, 6.07) is -4.94. The van der Waals surface area contributed by atoms with Crippen molar-refractivity contribution in [3.05, 3.63) is 0 Å². The second-order valence-electron chi connectivity index (χ2n) is 7.40. The fourth-order valence-corrected chi connectivity index (χ4v) is 2.84. The van der Waals surface area contributed by atoms with E-state index in [9.17, 15) is 29.4 Å². The molecule has 0 aromatic rings. The number of hydrogen-bond acceptors (Lipinski definition) is 8. The van der Waals surface area contributed by atoms with Crippen LogP contribution in [0.2, 0.25) is 0 Å². The van der Waals surface area contributed by atoms with Crippen molar-refractivity contribution in [1.29, 1.82) is 0 Å². The molecule has 0 spiro atoms. The normalized spacial score (nSPS) is 17.2. The molecule has 0 saturated heterocycles. The van der Waals surface area contributed by atoms with Crippen LogP contribution in [0.15, 0.2) is 0 Å². The summed E-state index contributed by atoms with van der Waals surface area (Å²) >= 11 is 1.41. The number of carbonyl (C=O) groups excluding carboxylic acids is 3. The summed E-state index contributed by atoms with van der Waals surface area (Å²) in [6.07, 6.45) is -0.678. The molecule has 3 amide bonds. The van der Waals surface area contributed by atoms with Gasteiger partial charge in [-0.25, -0.2) is 4.79 Å². The Kier molecular flexibility index (Phi) is 12.6. The molecule has 0 heterocycles. The first-order valence-electron chi connectivity index (χ1n) is 9.58. The number of aliphatic hydroxyl groups is 2. The molecule has 0 saturated carbocycles. The van der Waals surface area contributed by atoms with Crippen LogP contribution < -0.4 is 21.7 Å². The molecule has 0 rings (SSSR count). The second-order valence-corrected chi connectivity index (χ2v) is 8.39. The van der Waals surface area contributed by atoms with Crippen molar-refractivity contribution in [3.63, 3.8) is 0 Å². The van der Waals surface area contributed by atoms with Gasteiger partial charge < -0.3 is 37.0 Å². The predicted octanol–water partition coefficient (Wildman–Crippen LogP) is -1.98. The van der Waals surface area contributed by atoms with Crippen molar-refractivity contribution in [3.8, 4) is 0 Å². The molecule has 0 aliphatic rings. The summed E-state index contributed by atoms with van der Waals surface area (Å²) in [7, 11) is 0. The number of carbonyl (C=O) groups is 4. The number of nitrogens with two attached hydrogens (primary N) is 1. The van der Waals surface area contributed by atoms with Gasteiger partial charge in [-0.1, -0.05) is 13.8 Å². The summed E-state index contributed by atoms with van der Waals surface area (Å²) in [4.78, 5) is 48.6. The van der Waals surface area contributed by atoms with Crippen molar-refractivity contribution in [1.82, 2.24) is 16.0 Å². The maximum Gasteiger partial charge on any atom is 0.328 e. The zero-order chi connectivity index (χ0) is 23.6. The Balaban J connectivity index is 5.39. The Bertz CT molecular complexity index is 601. The van der Waals surface area contributed by atoms with E-state index in [0.717, 1.165) is 0 Å². The summed E-state index contributed by atoms with van der Waals surface area (Å²) in [5.74, 6) is -3.41. The summed E-state index contributed by atoms with van der Waals surface area (Å²) < 4.78 is 0. The monoisotopic (exact) mass is 450 g/mol. The lowest BCUT2D eigenvalue weighted by atomic mass is 10.0. The third-order valence-corrected chi connectivity index (χ3v) is 5.02. The van der Waals surface area contributed by atoms with Crippen LogP contribution in [-0.4, -0.2) is 87.4 Å². The minimum Gasteiger partial charge on any atom is -0.480 e. The number of amides is 3. The number of aliphatic hydroxyl groups excluding tert-OH is 2. The van der Waals surface area contributed by atoms with E-state index in [1.54, 1.807) is 20.1 Å². The zero-order valence-electron chi connectivity index (χ0n) is 17.9. The van der Waals surface area contributed by atoms with E-state index < -0.39 is 60.1 Å². The smallest absolute Gasteiger partial charge is 0.328 e. The number of hydrogen-bond donors (Lipinski definition) is 7. The van der Waals surface area contributed by atoms with Crippen LogP contribution in [0.5, 0.6) is 0 Å². The van der Waals surface area contributed by atoms with Gasteiger partial charge in [0.2, 0.25) is 17.7 Å². The highest BCUT2D eigenvalue weighted by atomic mass is 32.2. The number of rotatable bonds is 13. The molecule has 0 aliphatic carbocycles. The van der Waals surface area contributed by atoms with Gasteiger partial charge in [0, 0.05) is 0 Å². The van der Waals surface area contributed by atoms with Crippen molar-refractivity contribution >= 4 is 35.5 Å². The fraction of sp³-hybridized carbons (Fsp3) is 0.778. The van der Waals surface area contributed by atoms with Gasteiger partial charge >= 0.3 is 5.97 Å². The van der Waals surface area contributed by atoms with Gasteiger partial charge in [0.15, 0.2) is 6.04 Å². The summed E-state index contributed by atoms with van der Waals surface area (Å²) in [5.41, 5.74) is 5.76. The van der Waals surface area contributed by atoms with E-state index in [1.165, 1.54) is 25.6 Å². The van der Waals surface area contributed by atoms with Crippen molar-refractivity contribution in [2.45, 2.75) is 70.5 Å². The van der Waals surface area contributed by atoms with Crippen LogP contribution in [0.1, 0.15) is 34.1 Å². The second kappa shape index (κ2) is 13.4. The van der Waals surface area contributed by atoms with Gasteiger partial charge in [-0.3, -0.25) is 14.4 Å². The van der Waals surface area contributed by atoms with Gasteiger partial charge in [0.05, 0.1) is 18.2 Å². The van der Waals surface area contributed by atoms with Gasteiger partial charge in [0.1, 0.15) is 12.1 Å². The molecule has 8 N–H and O–H groups in total. The maximum atomic E-state index is 12.7. The minimum atomic E-state index is -1.55. The summed E-state index contributed by atoms with van der Waals surface area (Å²) in [6.45, 7) is 5.97. The number of carboxylic acids is 1. The van der Waals surface area contributed by atoms with Crippen molar-refractivity contribution in [2.75, 3.05) is 12.0 Å². The maximum absolute atomic E-state index is 12.7. The zero-order valence-corrected chi connectivity index (χ0v) is 18.7. The number of aliphatic carboxylic acids is 1. The number of carboxylic acid groups (broad SMARTS) is 1. The lowest BCUT2D eigenvalue weighted by Crippen LogP contribution is -2.60. The van der Waals surface area contributed by atoms with Crippen LogP contribution >= 0.6 is 11.8 Å². The first kappa shape index (κ1) is 28.1. The first-order chi connectivity index (χ1) is 13.8. The first-order valence-corrected chi connectivity index (χ1v) is 11.0. The van der Waals surface area contributed by atoms with Crippen molar-refractivity contribution in [2.24, 2.45) is 11.7 Å². The van der Waals surface area contributed by atoms with E-state index in [1.807, 2.05) is 0 Å². The molecular weight excluding hydrogens is 416 g/mol. The van der Waals surface area contributed by atoms with E-state index in [-0.39, 0.29) is 12.3 Å². The minimum absolute atomic E-state index is 0.164. The topological polar surface area (TPSA) is 191 Å². The van der Waals surface area contributed by atoms with Gasteiger partial charge in [-0.05, 0) is 38.2 Å². The van der Waals surface area contributed by atoms with Crippen LogP contribution in [-0.2, 0) is 19.2 Å². The van der Waals surface area contributed by atoms with E-state index in [4.69, 9.17) is 10.8 Å². The van der Waals surface area contributed by atoms with Crippen molar-refractivity contribution < 1.29 is 34.5 Å². The average Bonchev–Trinajstić information content (AvgIpc) is 2.64. The van der Waals surface area contributed by atoms with E-state index in [0.29, 0.717) is 5.75 Å². The molecular formula is C18H34N4O7S. The van der Waals surface area contributed by atoms with Crippen LogP contribution in [0.3, 0.4) is 0 Å². The lowest BCUT2D eigenvalue weighted by Gasteiger charge is -2.27. The number of thioether (sulfide) groups is 1. The highest BCUT2D eigenvalue weighted by Crippen LogP contribution is 2.06. The summed E-state index contributed by atoms with van der Waals surface area (Å²) in [5, 5.41) is 35.6. The Hall–Kier alpha value is -1.89. The average molecular weight is 451 g/mol. The lowest BCUT2D eigenvalue weighted by molar-refractivity contribution is -0.145. The molecule has 174 valence electrons. The molecule has 0 aliphatic heterocycles. The van der Waals surface area contributed by atoms with Crippen LogP contribution in [0.4, 0.5) is 0 Å². The number of nitrogens with one attached hydrogen (secondary N) is 3.